The van der Waals surface area contributed by atoms with Crippen molar-refractivity contribution in [3.05, 3.63) is 23.9 Å². The lowest BCUT2D eigenvalue weighted by Crippen LogP contribution is -2.30. The van der Waals surface area contributed by atoms with Crippen molar-refractivity contribution in [2.75, 3.05) is 6.54 Å². The zero-order chi connectivity index (χ0) is 7.84. The Morgan fingerprint density at radius 3 is 3.18 bits per heavy atom. The highest BCUT2D eigenvalue weighted by Gasteiger charge is 2.26. The van der Waals surface area contributed by atoms with Crippen molar-refractivity contribution < 1.29 is 4.79 Å². The summed E-state index contributed by atoms with van der Waals surface area (Å²) in [6.45, 7) is 0.737. The fourth-order valence-corrected chi connectivity index (χ4v) is 1.59. The molecule has 2 aliphatic rings. The Balaban J connectivity index is 2.16. The predicted octanol–water partition coefficient (Wildman–Crippen LogP) is 0.841. The molecule has 0 aromatic rings. The maximum Gasteiger partial charge on any atom is 0.318 e. The van der Waals surface area contributed by atoms with Gasteiger partial charge in [-0.25, -0.2) is 4.79 Å². The first-order valence-electron chi connectivity index (χ1n) is 3.70. The summed E-state index contributed by atoms with van der Waals surface area (Å²) in [6.07, 6.45) is 7.12. The lowest BCUT2D eigenvalue weighted by atomic mass is 10.1. The first-order chi connectivity index (χ1) is 5.27. The number of allylic oxidation sites excluding steroid dienone is 1. The molecule has 11 heavy (non-hydrogen) atoms. The highest BCUT2D eigenvalue weighted by atomic mass is 16.2. The first kappa shape index (κ1) is 6.46. The van der Waals surface area contributed by atoms with Gasteiger partial charge in [-0.05, 0) is 12.0 Å². The van der Waals surface area contributed by atoms with E-state index in [4.69, 9.17) is 5.73 Å². The Hall–Kier alpha value is -1.25. The molecular formula is C8H10N2O. The Kier molecular flexibility index (Phi) is 1.24. The summed E-state index contributed by atoms with van der Waals surface area (Å²) >= 11 is 0. The molecule has 1 atom stereocenters. The van der Waals surface area contributed by atoms with E-state index in [0.717, 1.165) is 13.0 Å². The van der Waals surface area contributed by atoms with Gasteiger partial charge in [0.25, 0.3) is 0 Å². The molecule has 0 aromatic carbocycles. The fourth-order valence-electron chi connectivity index (χ4n) is 1.59. The third kappa shape index (κ3) is 0.926. The number of primary amides is 1. The second kappa shape index (κ2) is 2.12. The van der Waals surface area contributed by atoms with E-state index in [1.807, 2.05) is 6.20 Å². The molecule has 0 spiro atoms. The third-order valence-electron chi connectivity index (χ3n) is 2.20. The molecule has 3 nitrogen and oxygen atoms in total. The summed E-state index contributed by atoms with van der Waals surface area (Å²) in [7, 11) is 0. The number of carbonyl (C=O) groups is 1. The third-order valence-corrected chi connectivity index (χ3v) is 2.20. The lowest BCUT2D eigenvalue weighted by molar-refractivity contribution is 0.226. The van der Waals surface area contributed by atoms with Crippen molar-refractivity contribution in [2.45, 2.75) is 6.42 Å². The molecule has 2 rings (SSSR count). The minimum Gasteiger partial charge on any atom is -0.351 e. The van der Waals surface area contributed by atoms with E-state index < -0.39 is 0 Å². The van der Waals surface area contributed by atoms with Gasteiger partial charge in [0.1, 0.15) is 0 Å². The highest BCUT2D eigenvalue weighted by molar-refractivity contribution is 5.74. The molecule has 1 unspecified atom stereocenters. The zero-order valence-corrected chi connectivity index (χ0v) is 6.16. The van der Waals surface area contributed by atoms with Crippen LogP contribution in [0.2, 0.25) is 0 Å². The average molecular weight is 150 g/mol. The fraction of sp³-hybridized carbons (Fsp3) is 0.375. The van der Waals surface area contributed by atoms with Crippen LogP contribution in [-0.2, 0) is 0 Å². The van der Waals surface area contributed by atoms with E-state index in [0.29, 0.717) is 5.92 Å². The molecule has 58 valence electrons. The molecule has 2 N–H and O–H groups in total. The van der Waals surface area contributed by atoms with Gasteiger partial charge in [-0.15, -0.1) is 0 Å². The standard InChI is InChI=1S/C8H10N2O/c9-8(11)10-4-6-2-1-3-7(6)5-10/h1-2,5-6H,3-4H2,(H2,9,11). The van der Waals surface area contributed by atoms with Gasteiger partial charge in [0.05, 0.1) is 0 Å². The quantitative estimate of drug-likeness (QED) is 0.511. The summed E-state index contributed by atoms with van der Waals surface area (Å²) in [4.78, 5) is 12.3. The van der Waals surface area contributed by atoms with Gasteiger partial charge in [0.2, 0.25) is 0 Å². The van der Waals surface area contributed by atoms with Gasteiger partial charge in [-0.3, -0.25) is 0 Å². The van der Waals surface area contributed by atoms with Crippen LogP contribution in [0.15, 0.2) is 23.9 Å². The second-order valence-electron chi connectivity index (χ2n) is 2.93. The zero-order valence-electron chi connectivity index (χ0n) is 6.16. The highest BCUT2D eigenvalue weighted by Crippen LogP contribution is 2.30. The molecule has 0 fully saturated rings. The average Bonchev–Trinajstić information content (AvgIpc) is 2.40. The van der Waals surface area contributed by atoms with Crippen LogP contribution in [-0.4, -0.2) is 17.5 Å². The number of carbonyl (C=O) groups excluding carboxylic acids is 1. The number of hydrogen-bond donors (Lipinski definition) is 1. The van der Waals surface area contributed by atoms with Crippen molar-refractivity contribution >= 4 is 6.03 Å². The van der Waals surface area contributed by atoms with Crippen molar-refractivity contribution in [3.63, 3.8) is 0 Å². The number of hydrogen-bond acceptors (Lipinski definition) is 1. The van der Waals surface area contributed by atoms with Crippen LogP contribution < -0.4 is 5.73 Å². The Morgan fingerprint density at radius 1 is 1.73 bits per heavy atom. The number of nitrogens with zero attached hydrogens (tertiary/aromatic N) is 1. The molecule has 3 heteroatoms. The maximum atomic E-state index is 10.7. The van der Waals surface area contributed by atoms with Crippen molar-refractivity contribution in [3.8, 4) is 0 Å². The first-order valence-corrected chi connectivity index (χ1v) is 3.70. The molecule has 0 saturated heterocycles. The molecule has 1 heterocycles. The number of rotatable bonds is 0. The van der Waals surface area contributed by atoms with Crippen LogP contribution in [0.3, 0.4) is 0 Å². The van der Waals surface area contributed by atoms with Crippen LogP contribution in [0.25, 0.3) is 0 Å². The van der Waals surface area contributed by atoms with Crippen molar-refractivity contribution in [2.24, 2.45) is 11.7 Å². The minimum atomic E-state index is -0.347. The summed E-state index contributed by atoms with van der Waals surface area (Å²) in [5, 5.41) is 0. The predicted molar refractivity (Wildman–Crippen MR) is 41.6 cm³/mol. The van der Waals surface area contributed by atoms with E-state index in [9.17, 15) is 4.79 Å². The molecule has 0 bridgehead atoms. The number of fused-ring (bicyclic) bond motifs is 1. The number of amides is 2. The smallest absolute Gasteiger partial charge is 0.318 e. The summed E-state index contributed by atoms with van der Waals surface area (Å²) in [6, 6.07) is -0.347. The normalized spacial score (nSPS) is 27.1. The van der Waals surface area contributed by atoms with Gasteiger partial charge in [-0.1, -0.05) is 12.2 Å². The van der Waals surface area contributed by atoms with Crippen LogP contribution >= 0.6 is 0 Å². The van der Waals surface area contributed by atoms with E-state index in [1.54, 1.807) is 4.90 Å². The van der Waals surface area contributed by atoms with Gasteiger partial charge in [-0.2, -0.15) is 0 Å². The van der Waals surface area contributed by atoms with Crippen LogP contribution in [0.4, 0.5) is 4.79 Å². The molecule has 1 aliphatic heterocycles. The van der Waals surface area contributed by atoms with Crippen molar-refractivity contribution in [1.82, 2.24) is 4.90 Å². The van der Waals surface area contributed by atoms with E-state index in [1.165, 1.54) is 5.57 Å². The topological polar surface area (TPSA) is 46.3 Å². The van der Waals surface area contributed by atoms with Gasteiger partial charge in [0.15, 0.2) is 0 Å². The van der Waals surface area contributed by atoms with Gasteiger partial charge < -0.3 is 10.6 Å². The SMILES string of the molecule is NC(=O)N1C=C2CC=CC2C1. The number of urea groups is 1. The Morgan fingerprint density at radius 2 is 2.55 bits per heavy atom. The largest absolute Gasteiger partial charge is 0.351 e. The molecule has 0 saturated carbocycles. The van der Waals surface area contributed by atoms with Crippen LogP contribution in [0.1, 0.15) is 6.42 Å². The molecule has 0 aromatic heterocycles. The minimum absolute atomic E-state index is 0.347. The van der Waals surface area contributed by atoms with Gasteiger partial charge in [0, 0.05) is 18.7 Å². The van der Waals surface area contributed by atoms with Crippen LogP contribution in [0.5, 0.6) is 0 Å². The van der Waals surface area contributed by atoms with Gasteiger partial charge >= 0.3 is 6.03 Å². The summed E-state index contributed by atoms with van der Waals surface area (Å²) in [5.74, 6) is 0.447. The van der Waals surface area contributed by atoms with Crippen molar-refractivity contribution in [1.29, 1.82) is 0 Å². The number of nitrogens with two attached hydrogens (primary N) is 1. The van der Waals surface area contributed by atoms with E-state index in [-0.39, 0.29) is 6.03 Å². The van der Waals surface area contributed by atoms with E-state index >= 15 is 0 Å². The second-order valence-corrected chi connectivity index (χ2v) is 2.93. The molecule has 1 aliphatic carbocycles. The molecule has 0 radical (unpaired) electrons. The summed E-state index contributed by atoms with van der Waals surface area (Å²) in [5.41, 5.74) is 6.43. The monoisotopic (exact) mass is 150 g/mol. The summed E-state index contributed by atoms with van der Waals surface area (Å²) < 4.78 is 0. The molecule has 2 amide bonds. The van der Waals surface area contributed by atoms with E-state index in [2.05, 4.69) is 12.2 Å². The maximum absolute atomic E-state index is 10.7. The Bertz CT molecular complexity index is 255. The lowest BCUT2D eigenvalue weighted by Gasteiger charge is -2.09. The van der Waals surface area contributed by atoms with Crippen LogP contribution in [0, 0.1) is 5.92 Å². The Labute approximate surface area is 65.2 Å². The molecular weight excluding hydrogens is 140 g/mol.